The van der Waals surface area contributed by atoms with Gasteiger partial charge in [-0.05, 0) is 24.6 Å². The van der Waals surface area contributed by atoms with Crippen LogP contribution in [0.25, 0.3) is 0 Å². The summed E-state index contributed by atoms with van der Waals surface area (Å²) in [5, 5.41) is 8.65. The lowest BCUT2D eigenvalue weighted by Crippen LogP contribution is -2.32. The molecule has 7 nitrogen and oxygen atoms in total. The molecule has 1 rings (SSSR count). The number of sulfonamides is 1. The highest BCUT2D eigenvalue weighted by molar-refractivity contribution is 7.92. The van der Waals surface area contributed by atoms with Gasteiger partial charge in [-0.3, -0.25) is 14.3 Å². The molecule has 0 radical (unpaired) electrons. The average molecular weight is 300 g/mol. The lowest BCUT2D eigenvalue weighted by atomic mass is 10.1. The molecule has 0 fully saturated rings. The first-order chi connectivity index (χ1) is 9.10. The Balaban J connectivity index is 3.06. The quantitative estimate of drug-likeness (QED) is 0.825. The first-order valence-electron chi connectivity index (χ1n) is 5.66. The summed E-state index contributed by atoms with van der Waals surface area (Å²) in [6.07, 6.45) is 1.01. The van der Waals surface area contributed by atoms with Crippen LogP contribution in [0.3, 0.4) is 0 Å². The average Bonchev–Trinajstić information content (AvgIpc) is 2.28. The highest BCUT2D eigenvalue weighted by Gasteiger charge is 2.16. The van der Waals surface area contributed by atoms with Gasteiger partial charge in [0.2, 0.25) is 10.0 Å². The molecule has 20 heavy (non-hydrogen) atoms. The summed E-state index contributed by atoms with van der Waals surface area (Å²) in [6.45, 7) is 1.27. The van der Waals surface area contributed by atoms with Gasteiger partial charge in [-0.15, -0.1) is 0 Å². The van der Waals surface area contributed by atoms with Gasteiger partial charge in [0.15, 0.2) is 0 Å². The van der Waals surface area contributed by atoms with E-state index in [0.29, 0.717) is 11.3 Å². The lowest BCUT2D eigenvalue weighted by molar-refractivity contribution is -0.137. The van der Waals surface area contributed by atoms with Gasteiger partial charge in [-0.1, -0.05) is 6.07 Å². The fraction of sp³-hybridized carbons (Fsp3) is 0.333. The van der Waals surface area contributed by atoms with E-state index >= 15 is 0 Å². The van der Waals surface area contributed by atoms with E-state index in [4.69, 9.17) is 5.11 Å². The van der Waals surface area contributed by atoms with Crippen LogP contribution in [0.4, 0.5) is 5.69 Å². The molecule has 0 aliphatic carbocycles. The number of nitrogens with zero attached hydrogens (tertiary/aromatic N) is 1. The van der Waals surface area contributed by atoms with E-state index in [2.05, 4.69) is 4.72 Å². The highest BCUT2D eigenvalue weighted by Crippen LogP contribution is 2.18. The Morgan fingerprint density at radius 1 is 1.35 bits per heavy atom. The first-order valence-corrected chi connectivity index (χ1v) is 7.55. The van der Waals surface area contributed by atoms with Gasteiger partial charge in [-0.25, -0.2) is 8.42 Å². The number of benzene rings is 1. The maximum absolute atomic E-state index is 12.0. The number of hydrogen-bond donors (Lipinski definition) is 2. The molecule has 1 amide bonds. The third-order valence-electron chi connectivity index (χ3n) is 2.50. The molecule has 0 atom stereocenters. The van der Waals surface area contributed by atoms with Crippen molar-refractivity contribution in [1.82, 2.24) is 4.90 Å². The van der Waals surface area contributed by atoms with Gasteiger partial charge in [0.05, 0.1) is 11.9 Å². The maximum Gasteiger partial charge on any atom is 0.323 e. The summed E-state index contributed by atoms with van der Waals surface area (Å²) in [5.41, 5.74) is 1.17. The Labute approximate surface area is 117 Å². The minimum absolute atomic E-state index is 0.213. The molecular weight excluding hydrogens is 284 g/mol. The number of carboxylic acid groups (broad SMARTS) is 1. The second kappa shape index (κ2) is 5.91. The van der Waals surface area contributed by atoms with E-state index in [0.717, 1.165) is 11.2 Å². The normalized spacial score (nSPS) is 10.9. The van der Waals surface area contributed by atoms with Gasteiger partial charge in [0, 0.05) is 12.6 Å². The topological polar surface area (TPSA) is 104 Å². The Morgan fingerprint density at radius 2 is 1.95 bits per heavy atom. The Kier molecular flexibility index (Phi) is 4.72. The molecule has 1 aromatic rings. The third kappa shape index (κ3) is 4.54. The number of anilines is 1. The fourth-order valence-corrected chi connectivity index (χ4v) is 2.18. The van der Waals surface area contributed by atoms with Crippen molar-refractivity contribution >= 4 is 27.6 Å². The summed E-state index contributed by atoms with van der Waals surface area (Å²) >= 11 is 0. The van der Waals surface area contributed by atoms with Gasteiger partial charge in [-0.2, -0.15) is 0 Å². The van der Waals surface area contributed by atoms with Crippen molar-refractivity contribution in [3.63, 3.8) is 0 Å². The number of aliphatic carboxylic acids is 1. The zero-order valence-corrected chi connectivity index (χ0v) is 12.2. The summed E-state index contributed by atoms with van der Waals surface area (Å²) < 4.78 is 24.8. The Morgan fingerprint density at radius 3 is 2.45 bits per heavy atom. The van der Waals surface area contributed by atoms with Crippen LogP contribution in [-0.2, 0) is 14.8 Å². The molecule has 2 N–H and O–H groups in total. The maximum atomic E-state index is 12.0. The van der Waals surface area contributed by atoms with Crippen molar-refractivity contribution in [1.29, 1.82) is 0 Å². The van der Waals surface area contributed by atoms with Gasteiger partial charge < -0.3 is 10.0 Å². The molecule has 8 heteroatoms. The lowest BCUT2D eigenvalue weighted by Gasteiger charge is -2.16. The smallest absolute Gasteiger partial charge is 0.323 e. The molecule has 0 heterocycles. The van der Waals surface area contributed by atoms with E-state index in [1.165, 1.54) is 19.2 Å². The van der Waals surface area contributed by atoms with Crippen LogP contribution < -0.4 is 4.72 Å². The minimum Gasteiger partial charge on any atom is -0.480 e. The van der Waals surface area contributed by atoms with Crippen LogP contribution in [0.1, 0.15) is 15.9 Å². The molecule has 110 valence electrons. The number of hydrogen-bond acceptors (Lipinski definition) is 4. The first kappa shape index (κ1) is 16.0. The van der Waals surface area contributed by atoms with E-state index in [1.54, 1.807) is 13.0 Å². The van der Waals surface area contributed by atoms with E-state index in [1.807, 2.05) is 0 Å². The van der Waals surface area contributed by atoms with Crippen molar-refractivity contribution in [3.8, 4) is 0 Å². The number of likely N-dealkylation sites (N-methyl/N-ethyl adjacent to an activating group) is 1. The van der Waals surface area contributed by atoms with Crippen molar-refractivity contribution < 1.29 is 23.1 Å². The van der Waals surface area contributed by atoms with Gasteiger partial charge >= 0.3 is 5.97 Å². The van der Waals surface area contributed by atoms with Crippen molar-refractivity contribution in [2.75, 3.05) is 24.6 Å². The molecule has 0 saturated heterocycles. The highest BCUT2D eigenvalue weighted by atomic mass is 32.2. The molecule has 1 aromatic carbocycles. The van der Waals surface area contributed by atoms with Gasteiger partial charge in [0.25, 0.3) is 5.91 Å². The number of carbonyl (C=O) groups is 2. The molecule has 0 saturated carbocycles. The van der Waals surface area contributed by atoms with Crippen molar-refractivity contribution in [2.45, 2.75) is 6.92 Å². The van der Waals surface area contributed by atoms with E-state index in [-0.39, 0.29) is 5.56 Å². The molecule has 0 aliphatic heterocycles. The fourth-order valence-electron chi connectivity index (χ4n) is 1.56. The number of nitrogens with one attached hydrogen (secondary N) is 1. The third-order valence-corrected chi connectivity index (χ3v) is 3.09. The Hall–Kier alpha value is -2.09. The predicted molar refractivity (Wildman–Crippen MR) is 74.2 cm³/mol. The number of amides is 1. The molecule has 0 unspecified atom stereocenters. The SMILES string of the molecule is Cc1ccc(C(=O)N(C)CC(=O)O)cc1NS(C)(=O)=O. The van der Waals surface area contributed by atoms with Crippen LogP contribution in [0.15, 0.2) is 18.2 Å². The number of carboxylic acids is 1. The molecule has 0 bridgehead atoms. The van der Waals surface area contributed by atoms with Crippen LogP contribution in [0.5, 0.6) is 0 Å². The van der Waals surface area contributed by atoms with Crippen LogP contribution in [-0.4, -0.2) is 50.1 Å². The largest absolute Gasteiger partial charge is 0.480 e. The van der Waals surface area contributed by atoms with Crippen molar-refractivity contribution in [2.24, 2.45) is 0 Å². The Bertz CT molecular complexity index is 639. The second-order valence-corrected chi connectivity index (χ2v) is 6.21. The summed E-state index contributed by atoms with van der Waals surface area (Å²) in [5.74, 6) is -1.62. The standard InChI is InChI=1S/C12H16N2O5S/c1-8-4-5-9(6-10(8)13-20(3,18)19)12(17)14(2)7-11(15)16/h4-6,13H,7H2,1-3H3,(H,15,16). The van der Waals surface area contributed by atoms with Crippen LogP contribution in [0, 0.1) is 6.92 Å². The number of rotatable bonds is 5. The van der Waals surface area contributed by atoms with Gasteiger partial charge in [0.1, 0.15) is 6.54 Å². The van der Waals surface area contributed by atoms with E-state index in [9.17, 15) is 18.0 Å². The zero-order valence-electron chi connectivity index (χ0n) is 11.4. The summed E-state index contributed by atoms with van der Waals surface area (Å²) in [6, 6.07) is 4.50. The molecule has 0 aromatic heterocycles. The molecule has 0 aliphatic rings. The molecule has 0 spiro atoms. The number of carbonyl (C=O) groups excluding carboxylic acids is 1. The number of aryl methyl sites for hydroxylation is 1. The van der Waals surface area contributed by atoms with Crippen LogP contribution >= 0.6 is 0 Å². The summed E-state index contributed by atoms with van der Waals surface area (Å²) in [4.78, 5) is 23.6. The minimum atomic E-state index is -3.45. The van der Waals surface area contributed by atoms with E-state index < -0.39 is 28.4 Å². The second-order valence-electron chi connectivity index (χ2n) is 4.46. The summed E-state index contributed by atoms with van der Waals surface area (Å²) in [7, 11) is -2.09. The predicted octanol–water partition coefficient (Wildman–Crippen LogP) is 0.523. The molecular formula is C12H16N2O5S. The van der Waals surface area contributed by atoms with Crippen LogP contribution in [0.2, 0.25) is 0 Å². The monoisotopic (exact) mass is 300 g/mol. The van der Waals surface area contributed by atoms with Crippen molar-refractivity contribution in [3.05, 3.63) is 29.3 Å². The zero-order chi connectivity index (χ0) is 15.5.